The Morgan fingerprint density at radius 3 is 2.39 bits per heavy atom. The quantitative estimate of drug-likeness (QED) is 0.576. The van der Waals surface area contributed by atoms with Crippen molar-refractivity contribution in [1.82, 2.24) is 9.78 Å². The van der Waals surface area contributed by atoms with E-state index in [-0.39, 0.29) is 22.5 Å². The van der Waals surface area contributed by atoms with E-state index < -0.39 is 24.4 Å². The Kier molecular flexibility index (Phi) is 6.50. The molecule has 2 amide bonds. The normalized spacial score (nSPS) is 11.1. The van der Waals surface area contributed by atoms with E-state index in [2.05, 4.69) is 15.7 Å². The van der Waals surface area contributed by atoms with Crippen LogP contribution in [0.5, 0.6) is 5.88 Å². The number of benzene rings is 2. The van der Waals surface area contributed by atoms with Gasteiger partial charge in [-0.3, -0.25) is 9.59 Å². The Morgan fingerprint density at radius 1 is 1.06 bits per heavy atom. The first-order valence-electron chi connectivity index (χ1n) is 8.86. The van der Waals surface area contributed by atoms with Crippen LogP contribution in [0.4, 0.5) is 24.5 Å². The van der Waals surface area contributed by atoms with Gasteiger partial charge in [-0.1, -0.05) is 29.8 Å². The smallest absolute Gasteiger partial charge is 0.435 e. The summed E-state index contributed by atoms with van der Waals surface area (Å²) in [5.74, 6) is -1.21. The van der Waals surface area contributed by atoms with Crippen molar-refractivity contribution in [2.45, 2.75) is 13.1 Å². The second-order valence-electron chi connectivity index (χ2n) is 6.33. The van der Waals surface area contributed by atoms with Gasteiger partial charge in [-0.05, 0) is 30.3 Å². The summed E-state index contributed by atoms with van der Waals surface area (Å²) < 4.78 is 45.6. The van der Waals surface area contributed by atoms with Crippen LogP contribution in [0.3, 0.4) is 0 Å². The standard InChI is InChI=1S/C20H16ClF3N4O3/c1-12(29)25-13-5-4-6-14(9-13)26-18(30)11-31-19-10-17(20(22,23)24)27-28(19)16-8-3-2-7-15(16)21/h2-10H,11H2,1H3,(H,25,29)(H,26,30). The monoisotopic (exact) mass is 452 g/mol. The number of anilines is 2. The number of para-hydroxylation sites is 1. The Labute approximate surface area is 179 Å². The van der Waals surface area contributed by atoms with Gasteiger partial charge in [-0.2, -0.15) is 23.0 Å². The molecule has 0 aliphatic carbocycles. The number of aromatic nitrogens is 2. The minimum Gasteiger partial charge on any atom is -0.467 e. The lowest BCUT2D eigenvalue weighted by Crippen LogP contribution is -2.21. The first kappa shape index (κ1) is 22.2. The molecule has 0 aliphatic rings. The summed E-state index contributed by atoms with van der Waals surface area (Å²) in [4.78, 5) is 23.4. The molecule has 0 saturated heterocycles. The van der Waals surface area contributed by atoms with Gasteiger partial charge >= 0.3 is 6.18 Å². The van der Waals surface area contributed by atoms with E-state index in [9.17, 15) is 22.8 Å². The van der Waals surface area contributed by atoms with Gasteiger partial charge in [0, 0.05) is 24.4 Å². The van der Waals surface area contributed by atoms with Crippen molar-refractivity contribution in [3.8, 4) is 11.6 Å². The second kappa shape index (κ2) is 9.09. The zero-order chi connectivity index (χ0) is 22.6. The summed E-state index contributed by atoms with van der Waals surface area (Å²) >= 11 is 6.07. The molecule has 7 nitrogen and oxygen atoms in total. The summed E-state index contributed by atoms with van der Waals surface area (Å²) in [6, 6.07) is 13.2. The maximum atomic E-state index is 13.1. The fraction of sp³-hybridized carbons (Fsp3) is 0.150. The number of alkyl halides is 3. The van der Waals surface area contributed by atoms with Gasteiger partial charge in [0.2, 0.25) is 11.8 Å². The largest absolute Gasteiger partial charge is 0.467 e. The van der Waals surface area contributed by atoms with Crippen molar-refractivity contribution >= 4 is 34.8 Å². The lowest BCUT2D eigenvalue weighted by molar-refractivity contribution is -0.141. The van der Waals surface area contributed by atoms with Gasteiger partial charge in [0.1, 0.15) is 0 Å². The molecule has 31 heavy (non-hydrogen) atoms. The molecule has 162 valence electrons. The molecule has 0 unspecified atom stereocenters. The number of nitrogens with one attached hydrogen (secondary N) is 2. The van der Waals surface area contributed by atoms with Crippen LogP contribution >= 0.6 is 11.6 Å². The highest BCUT2D eigenvalue weighted by molar-refractivity contribution is 6.32. The average Bonchev–Trinajstić information content (AvgIpc) is 3.11. The maximum absolute atomic E-state index is 13.1. The summed E-state index contributed by atoms with van der Waals surface area (Å²) in [5, 5.41) is 8.79. The third-order valence-corrected chi connectivity index (χ3v) is 4.19. The minimum atomic E-state index is -4.71. The number of rotatable bonds is 6. The minimum absolute atomic E-state index is 0.156. The topological polar surface area (TPSA) is 85.2 Å². The van der Waals surface area contributed by atoms with Crippen LogP contribution in [0.1, 0.15) is 12.6 Å². The molecule has 0 bridgehead atoms. The van der Waals surface area contributed by atoms with E-state index in [1.807, 2.05) is 0 Å². The Hall–Kier alpha value is -3.53. The van der Waals surface area contributed by atoms with E-state index in [4.69, 9.17) is 16.3 Å². The molecule has 0 fully saturated rings. The van der Waals surface area contributed by atoms with Gasteiger partial charge in [0.05, 0.1) is 10.7 Å². The van der Waals surface area contributed by atoms with Gasteiger partial charge < -0.3 is 15.4 Å². The molecular weight excluding hydrogens is 437 g/mol. The molecule has 0 aliphatic heterocycles. The molecule has 2 N–H and O–H groups in total. The van der Waals surface area contributed by atoms with Gasteiger partial charge in [0.25, 0.3) is 5.91 Å². The van der Waals surface area contributed by atoms with Crippen LogP contribution in [0.25, 0.3) is 5.69 Å². The zero-order valence-corrected chi connectivity index (χ0v) is 16.8. The lowest BCUT2D eigenvalue weighted by Gasteiger charge is -2.11. The van der Waals surface area contributed by atoms with E-state index >= 15 is 0 Å². The first-order chi connectivity index (χ1) is 14.6. The maximum Gasteiger partial charge on any atom is 0.435 e. The highest BCUT2D eigenvalue weighted by atomic mass is 35.5. The van der Waals surface area contributed by atoms with Crippen LogP contribution in [0, 0.1) is 0 Å². The van der Waals surface area contributed by atoms with Gasteiger partial charge in [0.15, 0.2) is 12.3 Å². The summed E-state index contributed by atoms with van der Waals surface area (Å²) in [7, 11) is 0. The SMILES string of the molecule is CC(=O)Nc1cccc(NC(=O)COc2cc(C(F)(F)F)nn2-c2ccccc2Cl)c1. The molecule has 1 aromatic heterocycles. The first-order valence-corrected chi connectivity index (χ1v) is 9.24. The van der Waals surface area contributed by atoms with Crippen LogP contribution in [0.2, 0.25) is 5.02 Å². The van der Waals surface area contributed by atoms with Crippen LogP contribution in [-0.4, -0.2) is 28.2 Å². The number of nitrogens with zero attached hydrogens (tertiary/aromatic N) is 2. The summed E-state index contributed by atoms with van der Waals surface area (Å²) in [6.07, 6.45) is -4.71. The fourth-order valence-corrected chi connectivity index (χ4v) is 2.83. The van der Waals surface area contributed by atoms with E-state index in [0.29, 0.717) is 17.4 Å². The van der Waals surface area contributed by atoms with Crippen LogP contribution < -0.4 is 15.4 Å². The molecule has 2 aromatic carbocycles. The fourth-order valence-electron chi connectivity index (χ4n) is 2.62. The Bertz CT molecular complexity index is 1120. The van der Waals surface area contributed by atoms with E-state index in [1.165, 1.54) is 25.1 Å². The Morgan fingerprint density at radius 2 is 1.74 bits per heavy atom. The van der Waals surface area contributed by atoms with Crippen molar-refractivity contribution in [1.29, 1.82) is 0 Å². The molecule has 0 atom stereocenters. The van der Waals surface area contributed by atoms with Crippen LogP contribution in [-0.2, 0) is 15.8 Å². The average molecular weight is 453 g/mol. The third-order valence-electron chi connectivity index (χ3n) is 3.87. The number of ether oxygens (including phenoxy) is 1. The van der Waals surface area contributed by atoms with Crippen molar-refractivity contribution in [2.75, 3.05) is 17.2 Å². The predicted octanol–water partition coefficient (Wildman–Crippen LogP) is 4.52. The molecule has 1 heterocycles. The molecule has 3 rings (SSSR count). The third kappa shape index (κ3) is 5.76. The molecule has 11 heteroatoms. The lowest BCUT2D eigenvalue weighted by atomic mass is 10.2. The predicted molar refractivity (Wildman–Crippen MR) is 108 cm³/mol. The van der Waals surface area contributed by atoms with Gasteiger partial charge in [-0.15, -0.1) is 0 Å². The molecule has 0 saturated carbocycles. The number of hydrogen-bond acceptors (Lipinski definition) is 4. The van der Waals surface area contributed by atoms with Crippen molar-refractivity contribution in [2.24, 2.45) is 0 Å². The highest BCUT2D eigenvalue weighted by Gasteiger charge is 2.36. The number of carbonyl (C=O) groups excluding carboxylic acids is 2. The van der Waals surface area contributed by atoms with E-state index in [0.717, 1.165) is 4.68 Å². The van der Waals surface area contributed by atoms with Crippen molar-refractivity contribution in [3.63, 3.8) is 0 Å². The van der Waals surface area contributed by atoms with Crippen LogP contribution in [0.15, 0.2) is 54.6 Å². The molecular formula is C20H16ClF3N4O3. The van der Waals surface area contributed by atoms with Crippen molar-refractivity contribution < 1.29 is 27.5 Å². The number of hydrogen-bond donors (Lipinski definition) is 2. The molecule has 0 radical (unpaired) electrons. The molecule has 3 aromatic rings. The summed E-state index contributed by atoms with van der Waals surface area (Å²) in [5.41, 5.74) is -0.183. The second-order valence-corrected chi connectivity index (χ2v) is 6.73. The summed E-state index contributed by atoms with van der Waals surface area (Å²) in [6.45, 7) is 0.758. The number of halogens is 4. The number of carbonyl (C=O) groups is 2. The van der Waals surface area contributed by atoms with Crippen molar-refractivity contribution in [3.05, 3.63) is 65.3 Å². The zero-order valence-electron chi connectivity index (χ0n) is 16.0. The Balaban J connectivity index is 1.76. The van der Waals surface area contributed by atoms with Gasteiger partial charge in [-0.25, -0.2) is 0 Å². The highest BCUT2D eigenvalue weighted by Crippen LogP contribution is 2.33. The number of amides is 2. The molecule has 0 spiro atoms. The van der Waals surface area contributed by atoms with E-state index in [1.54, 1.807) is 30.3 Å².